The van der Waals surface area contributed by atoms with E-state index in [0.29, 0.717) is 0 Å². The molecule has 0 saturated carbocycles. The fourth-order valence-corrected chi connectivity index (χ4v) is 3.20. The molecule has 100 valence electrons. The van der Waals surface area contributed by atoms with Gasteiger partial charge in [-0.05, 0) is 50.1 Å². The lowest BCUT2D eigenvalue weighted by Gasteiger charge is -2.08. The number of hydrogen-bond acceptors (Lipinski definition) is 2. The first-order valence-corrected chi connectivity index (χ1v) is 7.56. The van der Waals surface area contributed by atoms with E-state index in [1.165, 1.54) is 27.0 Å². The second-order valence-corrected chi connectivity index (χ2v) is 6.26. The van der Waals surface area contributed by atoms with Crippen molar-refractivity contribution in [3.8, 4) is 0 Å². The summed E-state index contributed by atoms with van der Waals surface area (Å²) in [5.74, 6) is 0. The Balaban J connectivity index is 2.04. The summed E-state index contributed by atoms with van der Waals surface area (Å²) in [5.41, 5.74) is 4.92. The summed E-state index contributed by atoms with van der Waals surface area (Å²) in [5, 5.41) is 2.31. The molecule has 0 radical (unpaired) electrons. The van der Waals surface area contributed by atoms with E-state index in [2.05, 4.69) is 69.3 Å². The summed E-state index contributed by atoms with van der Waals surface area (Å²) in [6.07, 6.45) is 0. The van der Waals surface area contributed by atoms with Crippen LogP contribution in [0.1, 0.15) is 16.7 Å². The molecule has 0 N–H and O–H groups in total. The molecule has 2 aromatic carbocycles. The molecule has 0 amide bonds. The van der Waals surface area contributed by atoms with E-state index >= 15 is 0 Å². The number of benzene rings is 2. The van der Waals surface area contributed by atoms with Crippen molar-refractivity contribution in [2.45, 2.75) is 30.7 Å². The van der Waals surface area contributed by atoms with Gasteiger partial charge in [0.05, 0.1) is 5.52 Å². The number of nitrogens with zero attached hydrogens (tertiary/aromatic N) is 1. The van der Waals surface area contributed by atoms with E-state index in [-0.39, 0.29) is 0 Å². The Hall–Kier alpha value is -1.80. The first-order chi connectivity index (χ1) is 9.63. The molecule has 2 heteroatoms. The third-order valence-electron chi connectivity index (χ3n) is 3.47. The molecule has 20 heavy (non-hydrogen) atoms. The molecule has 0 aliphatic carbocycles. The van der Waals surface area contributed by atoms with Crippen molar-refractivity contribution in [3.63, 3.8) is 0 Å². The van der Waals surface area contributed by atoms with Crippen molar-refractivity contribution < 1.29 is 0 Å². The number of aryl methyl sites for hydroxylation is 3. The number of rotatable bonds is 2. The fraction of sp³-hybridized carbons (Fsp3) is 0.167. The third kappa shape index (κ3) is 2.56. The standard InChI is InChI=1S/C18H17NS/c1-12-7-9-15(10-8-12)20-17-11-14(3)16-6-4-5-13(2)18(16)19-17/h4-11H,1-3H3. The number of hydrogen-bond donors (Lipinski definition) is 0. The van der Waals surface area contributed by atoms with Crippen molar-refractivity contribution in [2.24, 2.45) is 0 Å². The molecule has 0 unspecified atom stereocenters. The van der Waals surface area contributed by atoms with Crippen LogP contribution in [0.25, 0.3) is 10.9 Å². The van der Waals surface area contributed by atoms with Crippen molar-refractivity contribution >= 4 is 22.7 Å². The molecule has 0 aliphatic heterocycles. The smallest absolute Gasteiger partial charge is 0.102 e. The molecular weight excluding hydrogens is 262 g/mol. The Morgan fingerprint density at radius 1 is 0.850 bits per heavy atom. The maximum Gasteiger partial charge on any atom is 0.102 e. The highest BCUT2D eigenvalue weighted by Gasteiger charge is 2.06. The van der Waals surface area contributed by atoms with Crippen molar-refractivity contribution in [2.75, 3.05) is 0 Å². The Labute approximate surface area is 124 Å². The Morgan fingerprint density at radius 3 is 2.35 bits per heavy atom. The maximum atomic E-state index is 4.82. The summed E-state index contributed by atoms with van der Waals surface area (Å²) < 4.78 is 0. The molecule has 0 aliphatic rings. The summed E-state index contributed by atoms with van der Waals surface area (Å²) >= 11 is 1.72. The highest BCUT2D eigenvalue weighted by Crippen LogP contribution is 2.30. The molecule has 0 fully saturated rings. The minimum Gasteiger partial charge on any atom is -0.241 e. The van der Waals surface area contributed by atoms with Gasteiger partial charge in [0.1, 0.15) is 5.03 Å². The van der Waals surface area contributed by atoms with Crippen LogP contribution in [0.5, 0.6) is 0 Å². The van der Waals surface area contributed by atoms with Crippen LogP contribution in [0.2, 0.25) is 0 Å². The number of fused-ring (bicyclic) bond motifs is 1. The molecule has 3 aromatic rings. The van der Waals surface area contributed by atoms with Crippen LogP contribution in [-0.2, 0) is 0 Å². The highest BCUT2D eigenvalue weighted by atomic mass is 32.2. The summed E-state index contributed by atoms with van der Waals surface area (Å²) in [4.78, 5) is 6.05. The Kier molecular flexibility index (Phi) is 3.49. The molecule has 0 atom stereocenters. The van der Waals surface area contributed by atoms with Gasteiger partial charge in [0.15, 0.2) is 0 Å². The van der Waals surface area contributed by atoms with Gasteiger partial charge < -0.3 is 0 Å². The second kappa shape index (κ2) is 5.29. The van der Waals surface area contributed by atoms with Gasteiger partial charge in [-0.3, -0.25) is 0 Å². The second-order valence-electron chi connectivity index (χ2n) is 5.16. The molecule has 1 heterocycles. The SMILES string of the molecule is Cc1ccc(Sc2cc(C)c3cccc(C)c3n2)cc1. The first kappa shape index (κ1) is 13.2. The van der Waals surface area contributed by atoms with Crippen molar-refractivity contribution in [3.05, 3.63) is 65.2 Å². The van der Waals surface area contributed by atoms with E-state index in [1.54, 1.807) is 11.8 Å². The number of aromatic nitrogens is 1. The molecule has 1 aromatic heterocycles. The maximum absolute atomic E-state index is 4.82. The van der Waals surface area contributed by atoms with Gasteiger partial charge in [0, 0.05) is 10.3 Å². The van der Waals surface area contributed by atoms with Crippen LogP contribution in [0.4, 0.5) is 0 Å². The lowest BCUT2D eigenvalue weighted by Crippen LogP contribution is -1.89. The predicted octanol–water partition coefficient (Wildman–Crippen LogP) is 5.31. The van der Waals surface area contributed by atoms with Gasteiger partial charge in [-0.1, -0.05) is 47.7 Å². The van der Waals surface area contributed by atoms with Gasteiger partial charge in [0.25, 0.3) is 0 Å². The third-order valence-corrected chi connectivity index (χ3v) is 4.39. The summed E-state index contributed by atoms with van der Waals surface area (Å²) in [6, 6.07) is 17.1. The monoisotopic (exact) mass is 279 g/mol. The van der Waals surface area contributed by atoms with Crippen LogP contribution in [0.3, 0.4) is 0 Å². The van der Waals surface area contributed by atoms with E-state index < -0.39 is 0 Å². The van der Waals surface area contributed by atoms with Crippen LogP contribution in [0, 0.1) is 20.8 Å². The zero-order valence-electron chi connectivity index (χ0n) is 12.0. The summed E-state index contributed by atoms with van der Waals surface area (Å²) in [6.45, 7) is 6.38. The van der Waals surface area contributed by atoms with E-state index in [0.717, 1.165) is 10.5 Å². The molecule has 3 rings (SSSR count). The first-order valence-electron chi connectivity index (χ1n) is 6.75. The van der Waals surface area contributed by atoms with E-state index in [4.69, 9.17) is 4.98 Å². The normalized spacial score (nSPS) is 10.9. The minimum atomic E-state index is 1.06. The van der Waals surface area contributed by atoms with Crippen LogP contribution in [0.15, 0.2) is 58.5 Å². The number of para-hydroxylation sites is 1. The molecule has 0 saturated heterocycles. The number of pyridine rings is 1. The van der Waals surface area contributed by atoms with Gasteiger partial charge in [0.2, 0.25) is 0 Å². The fourth-order valence-electron chi connectivity index (χ4n) is 2.31. The Bertz CT molecular complexity index is 760. The van der Waals surface area contributed by atoms with Gasteiger partial charge in [-0.2, -0.15) is 0 Å². The van der Waals surface area contributed by atoms with Crippen LogP contribution >= 0.6 is 11.8 Å². The highest BCUT2D eigenvalue weighted by molar-refractivity contribution is 7.99. The van der Waals surface area contributed by atoms with Gasteiger partial charge in [-0.15, -0.1) is 0 Å². The van der Waals surface area contributed by atoms with Crippen LogP contribution < -0.4 is 0 Å². The average Bonchev–Trinajstić information content (AvgIpc) is 2.43. The minimum absolute atomic E-state index is 1.06. The van der Waals surface area contributed by atoms with Crippen molar-refractivity contribution in [1.82, 2.24) is 4.98 Å². The molecule has 0 bridgehead atoms. The van der Waals surface area contributed by atoms with Gasteiger partial charge >= 0.3 is 0 Å². The predicted molar refractivity (Wildman–Crippen MR) is 86.5 cm³/mol. The average molecular weight is 279 g/mol. The quantitative estimate of drug-likeness (QED) is 0.630. The molecule has 0 spiro atoms. The Morgan fingerprint density at radius 2 is 1.60 bits per heavy atom. The zero-order valence-corrected chi connectivity index (χ0v) is 12.8. The largest absolute Gasteiger partial charge is 0.241 e. The van der Waals surface area contributed by atoms with Gasteiger partial charge in [-0.25, -0.2) is 4.98 Å². The van der Waals surface area contributed by atoms with E-state index in [9.17, 15) is 0 Å². The molecular formula is C18H17NS. The van der Waals surface area contributed by atoms with Crippen LogP contribution in [-0.4, -0.2) is 4.98 Å². The zero-order chi connectivity index (χ0) is 14.1. The summed E-state index contributed by atoms with van der Waals surface area (Å²) in [7, 11) is 0. The topological polar surface area (TPSA) is 12.9 Å². The van der Waals surface area contributed by atoms with E-state index in [1.807, 2.05) is 0 Å². The van der Waals surface area contributed by atoms with Crippen molar-refractivity contribution in [1.29, 1.82) is 0 Å². The molecule has 1 nitrogen and oxygen atoms in total. The lowest BCUT2D eigenvalue weighted by molar-refractivity contribution is 1.16. The lowest BCUT2D eigenvalue weighted by atomic mass is 10.1.